The minimum atomic E-state index is 0.815. The van der Waals surface area contributed by atoms with Gasteiger partial charge in [0.25, 0.3) is 0 Å². The molecule has 0 aliphatic carbocycles. The number of rotatable bonds is 5. The van der Waals surface area contributed by atoms with Crippen LogP contribution in [0.3, 0.4) is 0 Å². The summed E-state index contributed by atoms with van der Waals surface area (Å²) in [5.41, 5.74) is 0. The summed E-state index contributed by atoms with van der Waals surface area (Å²) < 4.78 is 0. The Morgan fingerprint density at radius 2 is 1.31 bits per heavy atom. The highest BCUT2D eigenvalue weighted by Gasteiger charge is 2.09. The Hall–Kier alpha value is -0.0400. The third-order valence-electron chi connectivity index (χ3n) is 2.58. The van der Waals surface area contributed by atoms with E-state index in [0.29, 0.717) is 0 Å². The predicted octanol–water partition coefficient (Wildman–Crippen LogP) is 3.65. The molecule has 1 unspecified atom stereocenters. The van der Waals surface area contributed by atoms with Crippen LogP contribution in [0.5, 0.6) is 0 Å². The molecule has 0 spiro atoms. The lowest BCUT2D eigenvalue weighted by molar-refractivity contribution is 0.229. The molecule has 0 amide bonds. The molecule has 0 aliphatic rings. The van der Waals surface area contributed by atoms with Gasteiger partial charge in [0.2, 0.25) is 0 Å². The van der Waals surface area contributed by atoms with E-state index >= 15 is 0 Å². The zero-order valence-electron chi connectivity index (χ0n) is 10.7. The second kappa shape index (κ2) is 10.0. The van der Waals surface area contributed by atoms with Crippen molar-refractivity contribution in [2.24, 2.45) is 11.8 Å². The molecule has 0 aliphatic heterocycles. The third kappa shape index (κ3) is 8.29. The molecule has 13 heavy (non-hydrogen) atoms. The molecular formula is C12H29N. The monoisotopic (exact) mass is 187 g/mol. The lowest BCUT2D eigenvalue weighted by Gasteiger charge is -2.24. The van der Waals surface area contributed by atoms with E-state index in [9.17, 15) is 0 Å². The number of hydrogen-bond donors (Lipinski definition) is 0. The summed E-state index contributed by atoms with van der Waals surface area (Å²) >= 11 is 0. The van der Waals surface area contributed by atoms with Crippen LogP contribution in [-0.2, 0) is 0 Å². The molecule has 1 nitrogen and oxygen atoms in total. The average molecular weight is 187 g/mol. The van der Waals surface area contributed by atoms with Crippen molar-refractivity contribution < 1.29 is 0 Å². The van der Waals surface area contributed by atoms with Crippen LogP contribution in [-0.4, -0.2) is 24.5 Å². The fourth-order valence-electron chi connectivity index (χ4n) is 1.10. The van der Waals surface area contributed by atoms with E-state index < -0.39 is 0 Å². The van der Waals surface area contributed by atoms with Crippen LogP contribution < -0.4 is 0 Å². The Balaban J connectivity index is 0. The Morgan fingerprint density at radius 3 is 1.54 bits per heavy atom. The Bertz CT molecular complexity index is 85.1. The van der Waals surface area contributed by atoms with Gasteiger partial charge in [0.05, 0.1) is 0 Å². The molecule has 0 radical (unpaired) electrons. The lowest BCUT2D eigenvalue weighted by Crippen LogP contribution is -2.30. The van der Waals surface area contributed by atoms with Crippen molar-refractivity contribution in [2.75, 3.05) is 19.6 Å². The van der Waals surface area contributed by atoms with Gasteiger partial charge in [-0.3, -0.25) is 0 Å². The fourth-order valence-corrected chi connectivity index (χ4v) is 1.10. The van der Waals surface area contributed by atoms with Crippen molar-refractivity contribution in [3.8, 4) is 0 Å². The molecule has 0 saturated heterocycles. The van der Waals surface area contributed by atoms with Crippen molar-refractivity contribution in [1.29, 1.82) is 0 Å². The summed E-state index contributed by atoms with van der Waals surface area (Å²) in [6.07, 6.45) is 0. The highest BCUT2D eigenvalue weighted by Crippen LogP contribution is 2.10. The van der Waals surface area contributed by atoms with Crippen molar-refractivity contribution in [3.05, 3.63) is 0 Å². The van der Waals surface area contributed by atoms with E-state index in [2.05, 4.69) is 39.5 Å². The minimum absolute atomic E-state index is 0.815. The molecule has 1 atom stereocenters. The van der Waals surface area contributed by atoms with Crippen LogP contribution >= 0.6 is 0 Å². The topological polar surface area (TPSA) is 3.24 Å². The molecule has 0 fully saturated rings. The molecule has 0 rings (SSSR count). The lowest BCUT2D eigenvalue weighted by atomic mass is 9.98. The molecule has 0 aromatic heterocycles. The zero-order valence-corrected chi connectivity index (χ0v) is 10.7. The van der Waals surface area contributed by atoms with Gasteiger partial charge in [0.15, 0.2) is 0 Å². The van der Waals surface area contributed by atoms with Gasteiger partial charge in [-0.05, 0) is 24.9 Å². The first kappa shape index (κ1) is 15.4. The van der Waals surface area contributed by atoms with Crippen molar-refractivity contribution >= 4 is 0 Å². The van der Waals surface area contributed by atoms with Gasteiger partial charge in [0.1, 0.15) is 0 Å². The Morgan fingerprint density at radius 1 is 0.923 bits per heavy atom. The molecule has 0 aromatic carbocycles. The maximum atomic E-state index is 2.49. The molecule has 0 aromatic rings. The largest absolute Gasteiger partial charge is 0.304 e. The summed E-state index contributed by atoms with van der Waals surface area (Å²) in [5, 5.41) is 0. The standard InChI is InChI=1S/C10H23N.C2H6/c1-6-11(7-2)8-10(5)9(3)4;1-2/h9-10H,6-8H2,1-5H3;1-2H3. The maximum Gasteiger partial charge on any atom is 0.000923 e. The van der Waals surface area contributed by atoms with E-state index in [1.165, 1.54) is 19.6 Å². The molecule has 1 heteroatoms. The van der Waals surface area contributed by atoms with Gasteiger partial charge in [-0.25, -0.2) is 0 Å². The molecule has 0 N–H and O–H groups in total. The van der Waals surface area contributed by atoms with Gasteiger partial charge in [-0.2, -0.15) is 0 Å². The van der Waals surface area contributed by atoms with Crippen LogP contribution in [0.25, 0.3) is 0 Å². The Labute approximate surface area is 85.5 Å². The van der Waals surface area contributed by atoms with Gasteiger partial charge >= 0.3 is 0 Å². The van der Waals surface area contributed by atoms with Crippen LogP contribution in [0.15, 0.2) is 0 Å². The summed E-state index contributed by atoms with van der Waals surface area (Å²) in [6.45, 7) is 19.0. The molecule has 0 saturated carbocycles. The fraction of sp³-hybridized carbons (Fsp3) is 1.00. The van der Waals surface area contributed by atoms with E-state index in [-0.39, 0.29) is 0 Å². The highest BCUT2D eigenvalue weighted by atomic mass is 15.1. The van der Waals surface area contributed by atoms with Gasteiger partial charge in [0, 0.05) is 6.54 Å². The van der Waals surface area contributed by atoms with Crippen LogP contribution in [0, 0.1) is 11.8 Å². The Kier molecular flexibility index (Phi) is 11.9. The van der Waals surface area contributed by atoms with Gasteiger partial charge in [-0.1, -0.05) is 48.5 Å². The molecule has 82 valence electrons. The van der Waals surface area contributed by atoms with Crippen LogP contribution in [0.1, 0.15) is 48.5 Å². The van der Waals surface area contributed by atoms with Gasteiger partial charge < -0.3 is 4.90 Å². The zero-order chi connectivity index (χ0) is 10.9. The maximum absolute atomic E-state index is 2.49. The smallest absolute Gasteiger partial charge is 0.000923 e. The molecule has 0 heterocycles. The van der Waals surface area contributed by atoms with Crippen LogP contribution in [0.2, 0.25) is 0 Å². The second-order valence-corrected chi connectivity index (χ2v) is 3.71. The first-order valence-corrected chi connectivity index (χ1v) is 5.84. The van der Waals surface area contributed by atoms with E-state index in [0.717, 1.165) is 11.8 Å². The van der Waals surface area contributed by atoms with Crippen molar-refractivity contribution in [2.45, 2.75) is 48.5 Å². The van der Waals surface area contributed by atoms with Gasteiger partial charge in [-0.15, -0.1) is 0 Å². The summed E-state index contributed by atoms with van der Waals surface area (Å²) in [4.78, 5) is 2.49. The normalized spacial score (nSPS) is 12.7. The quantitative estimate of drug-likeness (QED) is 0.635. The van der Waals surface area contributed by atoms with Crippen molar-refractivity contribution in [1.82, 2.24) is 4.90 Å². The number of hydrogen-bond acceptors (Lipinski definition) is 1. The predicted molar refractivity (Wildman–Crippen MR) is 63.1 cm³/mol. The first-order valence-electron chi connectivity index (χ1n) is 5.84. The summed E-state index contributed by atoms with van der Waals surface area (Å²) in [6, 6.07) is 0. The number of nitrogens with zero attached hydrogens (tertiary/aromatic N) is 1. The molecular weight excluding hydrogens is 158 g/mol. The third-order valence-corrected chi connectivity index (χ3v) is 2.58. The van der Waals surface area contributed by atoms with Crippen LogP contribution in [0.4, 0.5) is 0 Å². The molecule has 0 bridgehead atoms. The average Bonchev–Trinajstić information content (AvgIpc) is 2.16. The SMILES string of the molecule is CC.CCN(CC)CC(C)C(C)C. The van der Waals surface area contributed by atoms with E-state index in [1.54, 1.807) is 0 Å². The van der Waals surface area contributed by atoms with E-state index in [4.69, 9.17) is 0 Å². The first-order chi connectivity index (χ1) is 6.11. The minimum Gasteiger partial charge on any atom is -0.304 e. The second-order valence-electron chi connectivity index (χ2n) is 3.71. The van der Waals surface area contributed by atoms with Crippen molar-refractivity contribution in [3.63, 3.8) is 0 Å². The van der Waals surface area contributed by atoms with E-state index in [1.807, 2.05) is 13.8 Å². The summed E-state index contributed by atoms with van der Waals surface area (Å²) in [7, 11) is 0. The summed E-state index contributed by atoms with van der Waals surface area (Å²) in [5.74, 6) is 1.64. The highest BCUT2D eigenvalue weighted by molar-refractivity contribution is 4.62.